The number of hydrogen-bond donors (Lipinski definition) is 3. The van der Waals surface area contributed by atoms with Gasteiger partial charge in [0.2, 0.25) is 0 Å². The average Bonchev–Trinajstić information content (AvgIpc) is 2.36. The molecule has 0 aliphatic rings. The molecule has 5 nitrogen and oxygen atoms in total. The van der Waals surface area contributed by atoms with Crippen molar-refractivity contribution in [3.8, 4) is 0 Å². The SMILES string of the molecule is Cc1ncc(N)cc1C(=O)NCC(C)(C)CCCO. The Balaban J connectivity index is 2.62. The van der Waals surface area contributed by atoms with Gasteiger partial charge in [0.25, 0.3) is 5.91 Å². The van der Waals surface area contributed by atoms with Crippen LogP contribution in [0.25, 0.3) is 0 Å². The molecule has 0 spiro atoms. The summed E-state index contributed by atoms with van der Waals surface area (Å²) in [6.07, 6.45) is 3.14. The van der Waals surface area contributed by atoms with Gasteiger partial charge in [-0.25, -0.2) is 0 Å². The maximum absolute atomic E-state index is 12.1. The molecule has 0 aliphatic heterocycles. The fourth-order valence-electron chi connectivity index (χ4n) is 1.84. The monoisotopic (exact) mass is 265 g/mol. The Kier molecular flexibility index (Phi) is 5.30. The van der Waals surface area contributed by atoms with Crippen molar-refractivity contribution in [3.63, 3.8) is 0 Å². The number of hydrogen-bond acceptors (Lipinski definition) is 4. The van der Waals surface area contributed by atoms with Crippen LogP contribution in [0.1, 0.15) is 42.7 Å². The first-order valence-electron chi connectivity index (χ1n) is 6.47. The highest BCUT2D eigenvalue weighted by Crippen LogP contribution is 2.21. The highest BCUT2D eigenvalue weighted by Gasteiger charge is 2.19. The molecule has 0 fully saturated rings. The number of aryl methyl sites for hydroxylation is 1. The number of aliphatic hydroxyl groups is 1. The number of nitrogens with two attached hydrogens (primary N) is 1. The summed E-state index contributed by atoms with van der Waals surface area (Å²) in [5.41, 5.74) is 7.26. The molecular weight excluding hydrogens is 242 g/mol. The number of nitrogens with one attached hydrogen (secondary N) is 1. The van der Waals surface area contributed by atoms with Gasteiger partial charge in [0.05, 0.1) is 23.1 Å². The molecule has 0 saturated carbocycles. The zero-order valence-electron chi connectivity index (χ0n) is 11.9. The molecule has 0 aliphatic carbocycles. The smallest absolute Gasteiger partial charge is 0.253 e. The number of rotatable bonds is 6. The maximum atomic E-state index is 12.1. The molecule has 0 bridgehead atoms. The minimum Gasteiger partial charge on any atom is -0.397 e. The Hall–Kier alpha value is -1.62. The largest absolute Gasteiger partial charge is 0.397 e. The van der Waals surface area contributed by atoms with Gasteiger partial charge in [0, 0.05) is 13.2 Å². The van der Waals surface area contributed by atoms with Crippen LogP contribution in [-0.4, -0.2) is 29.1 Å². The van der Waals surface area contributed by atoms with E-state index in [0.29, 0.717) is 23.5 Å². The summed E-state index contributed by atoms with van der Waals surface area (Å²) in [5.74, 6) is -0.158. The lowest BCUT2D eigenvalue weighted by Gasteiger charge is -2.24. The molecule has 106 valence electrons. The van der Waals surface area contributed by atoms with Crippen molar-refractivity contribution in [1.29, 1.82) is 0 Å². The van der Waals surface area contributed by atoms with Gasteiger partial charge in [0.1, 0.15) is 0 Å². The average molecular weight is 265 g/mol. The van der Waals surface area contributed by atoms with Crippen LogP contribution in [0, 0.1) is 12.3 Å². The lowest BCUT2D eigenvalue weighted by Crippen LogP contribution is -2.34. The van der Waals surface area contributed by atoms with Crippen molar-refractivity contribution in [3.05, 3.63) is 23.5 Å². The normalized spacial score (nSPS) is 11.4. The molecule has 1 heterocycles. The van der Waals surface area contributed by atoms with Gasteiger partial charge in [-0.15, -0.1) is 0 Å². The summed E-state index contributed by atoms with van der Waals surface area (Å²) >= 11 is 0. The van der Waals surface area contributed by atoms with Crippen LogP contribution < -0.4 is 11.1 Å². The lowest BCUT2D eigenvalue weighted by atomic mass is 9.88. The lowest BCUT2D eigenvalue weighted by molar-refractivity contribution is 0.0932. The number of aromatic nitrogens is 1. The van der Waals surface area contributed by atoms with Crippen LogP contribution in [0.5, 0.6) is 0 Å². The third-order valence-electron chi connectivity index (χ3n) is 3.09. The molecule has 0 aromatic carbocycles. The highest BCUT2D eigenvalue weighted by molar-refractivity contribution is 5.95. The van der Waals surface area contributed by atoms with E-state index in [1.807, 2.05) is 0 Å². The highest BCUT2D eigenvalue weighted by atomic mass is 16.2. The van der Waals surface area contributed by atoms with E-state index in [2.05, 4.69) is 24.1 Å². The molecule has 19 heavy (non-hydrogen) atoms. The molecule has 0 atom stereocenters. The number of anilines is 1. The molecular formula is C14H23N3O2. The molecule has 0 saturated heterocycles. The van der Waals surface area contributed by atoms with Crippen LogP contribution in [-0.2, 0) is 0 Å². The van der Waals surface area contributed by atoms with E-state index < -0.39 is 0 Å². The summed E-state index contributed by atoms with van der Waals surface area (Å²) in [7, 11) is 0. The molecule has 0 unspecified atom stereocenters. The van der Waals surface area contributed by atoms with Crippen molar-refractivity contribution >= 4 is 11.6 Å². The van der Waals surface area contributed by atoms with E-state index in [-0.39, 0.29) is 17.9 Å². The molecule has 0 radical (unpaired) electrons. The standard InChI is InChI=1S/C14H23N3O2/c1-10-12(7-11(15)8-16-10)13(19)17-9-14(2,3)5-4-6-18/h7-8,18H,4-6,9,15H2,1-3H3,(H,17,19). The summed E-state index contributed by atoms with van der Waals surface area (Å²) in [6, 6.07) is 1.64. The Labute approximate surface area is 114 Å². The second-order valence-corrected chi connectivity index (χ2v) is 5.58. The van der Waals surface area contributed by atoms with Gasteiger partial charge in [-0.1, -0.05) is 13.8 Å². The van der Waals surface area contributed by atoms with Gasteiger partial charge >= 0.3 is 0 Å². The van der Waals surface area contributed by atoms with Crippen molar-refractivity contribution in [2.24, 2.45) is 5.41 Å². The fourth-order valence-corrected chi connectivity index (χ4v) is 1.84. The van der Waals surface area contributed by atoms with Crippen molar-refractivity contribution in [2.75, 3.05) is 18.9 Å². The van der Waals surface area contributed by atoms with Gasteiger partial charge in [0.15, 0.2) is 0 Å². The predicted molar refractivity (Wildman–Crippen MR) is 75.8 cm³/mol. The van der Waals surface area contributed by atoms with Crippen LogP contribution in [0.3, 0.4) is 0 Å². The van der Waals surface area contributed by atoms with Crippen molar-refractivity contribution < 1.29 is 9.90 Å². The van der Waals surface area contributed by atoms with E-state index in [1.54, 1.807) is 13.0 Å². The first kappa shape index (κ1) is 15.4. The first-order chi connectivity index (χ1) is 8.85. The second-order valence-electron chi connectivity index (χ2n) is 5.58. The van der Waals surface area contributed by atoms with Crippen molar-refractivity contribution in [1.82, 2.24) is 10.3 Å². The van der Waals surface area contributed by atoms with Gasteiger partial charge < -0.3 is 16.2 Å². The maximum Gasteiger partial charge on any atom is 0.253 e. The zero-order valence-corrected chi connectivity index (χ0v) is 11.9. The third-order valence-corrected chi connectivity index (χ3v) is 3.09. The molecule has 1 amide bonds. The predicted octanol–water partition coefficient (Wildman–Crippen LogP) is 1.50. The number of carbonyl (C=O) groups is 1. The number of nitrogens with zero attached hydrogens (tertiary/aromatic N) is 1. The minimum atomic E-state index is -0.158. The zero-order chi connectivity index (χ0) is 14.5. The summed E-state index contributed by atoms with van der Waals surface area (Å²) in [5, 5.41) is 11.7. The van der Waals surface area contributed by atoms with Crippen LogP contribution in [0.15, 0.2) is 12.3 Å². The minimum absolute atomic E-state index is 0.0416. The summed E-state index contributed by atoms with van der Waals surface area (Å²) in [6.45, 7) is 6.64. The van der Waals surface area contributed by atoms with E-state index in [9.17, 15) is 4.79 Å². The molecule has 4 N–H and O–H groups in total. The number of pyridine rings is 1. The van der Waals surface area contributed by atoms with Crippen LogP contribution in [0.4, 0.5) is 5.69 Å². The third kappa shape index (κ3) is 4.87. The Morgan fingerprint density at radius 2 is 2.21 bits per heavy atom. The molecule has 1 rings (SSSR count). The Bertz CT molecular complexity index is 444. The van der Waals surface area contributed by atoms with Crippen LogP contribution >= 0.6 is 0 Å². The van der Waals surface area contributed by atoms with Gasteiger partial charge in [-0.3, -0.25) is 9.78 Å². The topological polar surface area (TPSA) is 88.2 Å². The first-order valence-corrected chi connectivity index (χ1v) is 6.47. The van der Waals surface area contributed by atoms with Gasteiger partial charge in [-0.05, 0) is 31.2 Å². The Morgan fingerprint density at radius 3 is 2.84 bits per heavy atom. The van der Waals surface area contributed by atoms with Crippen LogP contribution in [0.2, 0.25) is 0 Å². The summed E-state index contributed by atoms with van der Waals surface area (Å²) in [4.78, 5) is 16.2. The van der Waals surface area contributed by atoms with Gasteiger partial charge in [-0.2, -0.15) is 0 Å². The number of nitrogen functional groups attached to an aromatic ring is 1. The van der Waals surface area contributed by atoms with E-state index in [1.165, 1.54) is 6.20 Å². The molecule has 1 aromatic rings. The summed E-state index contributed by atoms with van der Waals surface area (Å²) < 4.78 is 0. The van der Waals surface area contributed by atoms with E-state index >= 15 is 0 Å². The second kappa shape index (κ2) is 6.52. The number of carbonyl (C=O) groups excluding carboxylic acids is 1. The van der Waals surface area contributed by atoms with E-state index in [0.717, 1.165) is 12.8 Å². The Morgan fingerprint density at radius 1 is 1.53 bits per heavy atom. The quantitative estimate of drug-likeness (QED) is 0.727. The molecule has 5 heteroatoms. The van der Waals surface area contributed by atoms with E-state index in [4.69, 9.17) is 10.8 Å². The molecule has 1 aromatic heterocycles. The number of aliphatic hydroxyl groups excluding tert-OH is 1. The van der Waals surface area contributed by atoms with Crippen molar-refractivity contribution in [2.45, 2.75) is 33.6 Å². The number of amides is 1. The fraction of sp³-hybridized carbons (Fsp3) is 0.571.